The minimum atomic E-state index is -0.447. The summed E-state index contributed by atoms with van der Waals surface area (Å²) in [6.07, 6.45) is 0. The van der Waals surface area contributed by atoms with Crippen molar-refractivity contribution < 1.29 is 4.42 Å². The van der Waals surface area contributed by atoms with E-state index in [1.165, 1.54) is 60.7 Å². The summed E-state index contributed by atoms with van der Waals surface area (Å²) in [6, 6.07) is 77.9. The molecule has 59 heavy (non-hydrogen) atoms. The smallest absolute Gasteiger partial charge is 0.143 e. The van der Waals surface area contributed by atoms with Crippen molar-refractivity contribution in [3.8, 4) is 33.4 Å². The molecule has 11 aromatic rings. The highest BCUT2D eigenvalue weighted by Crippen LogP contribution is 2.63. The van der Waals surface area contributed by atoms with Crippen molar-refractivity contribution in [3.63, 3.8) is 0 Å². The van der Waals surface area contributed by atoms with Gasteiger partial charge in [0.2, 0.25) is 0 Å². The molecular formula is C57H35NO. The first-order valence-corrected chi connectivity index (χ1v) is 20.4. The van der Waals surface area contributed by atoms with Crippen LogP contribution < -0.4 is 4.90 Å². The molecule has 2 aliphatic rings. The third-order valence-corrected chi connectivity index (χ3v) is 13.0. The maximum Gasteiger partial charge on any atom is 0.143 e. The molecule has 0 bridgehead atoms. The quantitative estimate of drug-likeness (QED) is 0.167. The molecule has 10 aromatic carbocycles. The van der Waals surface area contributed by atoms with Gasteiger partial charge in [0.1, 0.15) is 11.2 Å². The highest BCUT2D eigenvalue weighted by Gasteiger charge is 2.51. The number of rotatable bonds is 4. The lowest BCUT2D eigenvalue weighted by Crippen LogP contribution is -2.26. The molecule has 1 heterocycles. The number of hydrogen-bond acceptors (Lipinski definition) is 2. The van der Waals surface area contributed by atoms with Crippen molar-refractivity contribution in [1.29, 1.82) is 0 Å². The zero-order valence-corrected chi connectivity index (χ0v) is 32.1. The molecule has 2 nitrogen and oxygen atoms in total. The standard InChI is InChI=1S/C57H35NO/c1-3-17-36(18-4-1)48-33-39(34-49-54-46-26-9-7-21-40(46)41-22-8-10-27-47(41)56(54)59-55(48)49)58(37-19-5-2-6-20-37)38-31-32-45-44-25-13-16-30-52(44)57(53(45)35-38)50-28-14-11-23-42(50)43-24-12-15-29-51(43)57/h1-35H. The Morgan fingerprint density at radius 3 is 1.46 bits per heavy atom. The Hall–Kier alpha value is -7.68. The molecule has 2 aliphatic carbocycles. The normalized spacial score (nSPS) is 13.2. The van der Waals surface area contributed by atoms with E-state index in [0.717, 1.165) is 55.5 Å². The van der Waals surface area contributed by atoms with Gasteiger partial charge in [0.15, 0.2) is 0 Å². The van der Waals surface area contributed by atoms with Gasteiger partial charge in [-0.1, -0.05) is 176 Å². The molecule has 1 spiro atoms. The number of para-hydroxylation sites is 1. The van der Waals surface area contributed by atoms with Gasteiger partial charge in [0.05, 0.1) is 5.41 Å². The Morgan fingerprint density at radius 1 is 0.305 bits per heavy atom. The maximum atomic E-state index is 7.11. The second-order valence-electron chi connectivity index (χ2n) is 15.9. The first kappa shape index (κ1) is 32.4. The Labute approximate surface area is 341 Å². The summed E-state index contributed by atoms with van der Waals surface area (Å²) in [4.78, 5) is 2.44. The number of nitrogens with zero attached hydrogens (tertiary/aromatic N) is 1. The van der Waals surface area contributed by atoms with E-state index in [9.17, 15) is 0 Å². The van der Waals surface area contributed by atoms with Crippen LogP contribution in [0.15, 0.2) is 217 Å². The zero-order valence-electron chi connectivity index (χ0n) is 32.1. The van der Waals surface area contributed by atoms with Gasteiger partial charge in [-0.3, -0.25) is 0 Å². The van der Waals surface area contributed by atoms with E-state index >= 15 is 0 Å². The van der Waals surface area contributed by atoms with Crippen molar-refractivity contribution in [3.05, 3.63) is 235 Å². The summed E-state index contributed by atoms with van der Waals surface area (Å²) < 4.78 is 7.11. The molecule has 0 fully saturated rings. The zero-order chi connectivity index (χ0) is 38.7. The Balaban J connectivity index is 1.13. The SMILES string of the molecule is c1ccc(-c2cc(N(c3ccccc3)c3ccc4c(c3)C3(c5ccccc5-c5ccccc53)c3ccccc3-4)cc3c2oc2c4ccccc4c4ccccc4c32)cc1. The molecular weight excluding hydrogens is 715 g/mol. The first-order valence-electron chi connectivity index (χ1n) is 20.4. The molecule has 2 heteroatoms. The molecule has 0 saturated heterocycles. The molecule has 0 N–H and O–H groups in total. The highest BCUT2D eigenvalue weighted by atomic mass is 16.3. The molecule has 0 aliphatic heterocycles. The summed E-state index contributed by atoms with van der Waals surface area (Å²) in [5, 5.41) is 6.99. The number of anilines is 3. The van der Waals surface area contributed by atoms with Gasteiger partial charge in [-0.2, -0.15) is 0 Å². The summed E-state index contributed by atoms with van der Waals surface area (Å²) in [5.41, 5.74) is 17.3. The molecule has 0 unspecified atom stereocenters. The summed E-state index contributed by atoms with van der Waals surface area (Å²) in [6.45, 7) is 0. The Bertz CT molecular complexity index is 3440. The van der Waals surface area contributed by atoms with Crippen molar-refractivity contribution in [2.24, 2.45) is 0 Å². The van der Waals surface area contributed by atoms with E-state index in [-0.39, 0.29) is 0 Å². The van der Waals surface area contributed by atoms with Crippen molar-refractivity contribution in [1.82, 2.24) is 0 Å². The Kier molecular flexibility index (Phi) is 6.68. The molecule has 274 valence electrons. The van der Waals surface area contributed by atoms with Crippen molar-refractivity contribution in [2.75, 3.05) is 4.90 Å². The number of benzene rings is 10. The van der Waals surface area contributed by atoms with Crippen LogP contribution in [0.2, 0.25) is 0 Å². The molecule has 0 radical (unpaired) electrons. The fraction of sp³-hybridized carbons (Fsp3) is 0.0175. The number of fused-ring (bicyclic) bond motifs is 18. The van der Waals surface area contributed by atoms with Crippen LogP contribution in [0.5, 0.6) is 0 Å². The molecule has 0 saturated carbocycles. The largest absolute Gasteiger partial charge is 0.455 e. The average molecular weight is 750 g/mol. The van der Waals surface area contributed by atoms with Gasteiger partial charge in [-0.25, -0.2) is 0 Å². The van der Waals surface area contributed by atoms with Gasteiger partial charge in [-0.15, -0.1) is 0 Å². The van der Waals surface area contributed by atoms with E-state index in [4.69, 9.17) is 4.42 Å². The van der Waals surface area contributed by atoms with Gasteiger partial charge in [-0.05, 0) is 103 Å². The molecule has 0 atom stereocenters. The van der Waals surface area contributed by atoms with Crippen LogP contribution in [0.4, 0.5) is 17.1 Å². The second-order valence-corrected chi connectivity index (χ2v) is 15.9. The van der Waals surface area contributed by atoms with Crippen LogP contribution in [0.3, 0.4) is 0 Å². The van der Waals surface area contributed by atoms with Crippen LogP contribution in [0, 0.1) is 0 Å². The first-order chi connectivity index (χ1) is 29.3. The number of hydrogen-bond donors (Lipinski definition) is 0. The van der Waals surface area contributed by atoms with Crippen LogP contribution in [-0.2, 0) is 5.41 Å². The summed E-state index contributed by atoms with van der Waals surface area (Å²) in [5.74, 6) is 0. The van der Waals surface area contributed by atoms with Crippen LogP contribution in [-0.4, -0.2) is 0 Å². The fourth-order valence-corrected chi connectivity index (χ4v) is 10.7. The van der Waals surface area contributed by atoms with Crippen LogP contribution >= 0.6 is 0 Å². The monoisotopic (exact) mass is 749 g/mol. The Morgan fingerprint density at radius 2 is 0.814 bits per heavy atom. The summed E-state index contributed by atoms with van der Waals surface area (Å²) >= 11 is 0. The third-order valence-electron chi connectivity index (χ3n) is 13.0. The average Bonchev–Trinajstić information content (AvgIpc) is 3.94. The van der Waals surface area contributed by atoms with Crippen molar-refractivity contribution in [2.45, 2.75) is 5.41 Å². The molecule has 13 rings (SSSR count). The third kappa shape index (κ3) is 4.35. The summed E-state index contributed by atoms with van der Waals surface area (Å²) in [7, 11) is 0. The minimum Gasteiger partial charge on any atom is -0.455 e. The molecule has 0 amide bonds. The lowest BCUT2D eigenvalue weighted by Gasteiger charge is -2.32. The molecule has 1 aromatic heterocycles. The van der Waals surface area contributed by atoms with Gasteiger partial charge >= 0.3 is 0 Å². The fourth-order valence-electron chi connectivity index (χ4n) is 10.7. The predicted octanol–water partition coefficient (Wildman–Crippen LogP) is 15.4. The number of furan rings is 1. The topological polar surface area (TPSA) is 16.4 Å². The van der Waals surface area contributed by atoms with Crippen LogP contribution in [0.1, 0.15) is 22.3 Å². The van der Waals surface area contributed by atoms with Gasteiger partial charge in [0.25, 0.3) is 0 Å². The minimum absolute atomic E-state index is 0.447. The van der Waals surface area contributed by atoms with E-state index in [1.54, 1.807) is 0 Å². The predicted molar refractivity (Wildman–Crippen MR) is 245 cm³/mol. The lowest BCUT2D eigenvalue weighted by atomic mass is 9.70. The highest BCUT2D eigenvalue weighted by molar-refractivity contribution is 6.31. The van der Waals surface area contributed by atoms with E-state index in [1.807, 2.05) is 0 Å². The lowest BCUT2D eigenvalue weighted by molar-refractivity contribution is 0.674. The van der Waals surface area contributed by atoms with Crippen molar-refractivity contribution >= 4 is 60.5 Å². The van der Waals surface area contributed by atoms with E-state index in [0.29, 0.717) is 0 Å². The van der Waals surface area contributed by atoms with Gasteiger partial charge in [0, 0.05) is 38.8 Å². The van der Waals surface area contributed by atoms with E-state index < -0.39 is 5.41 Å². The second kappa shape index (κ2) is 12.2. The van der Waals surface area contributed by atoms with E-state index in [2.05, 4.69) is 217 Å². The van der Waals surface area contributed by atoms with Crippen LogP contribution in [0.25, 0.3) is 76.9 Å². The van der Waals surface area contributed by atoms with Gasteiger partial charge < -0.3 is 9.32 Å². The maximum absolute atomic E-state index is 7.11.